The molecule has 8 heteroatoms. The zero-order chi connectivity index (χ0) is 19.4. The van der Waals surface area contributed by atoms with Crippen LogP contribution in [-0.4, -0.2) is 16.8 Å². The van der Waals surface area contributed by atoms with E-state index in [-0.39, 0.29) is 18.3 Å². The summed E-state index contributed by atoms with van der Waals surface area (Å²) in [5.74, 6) is 0.515. The van der Waals surface area contributed by atoms with Crippen LogP contribution >= 0.6 is 39.9 Å². The maximum absolute atomic E-state index is 13.3. The van der Waals surface area contributed by atoms with E-state index in [1.54, 1.807) is 24.3 Å². The smallest absolute Gasteiger partial charge is 0.263 e. The predicted octanol–water partition coefficient (Wildman–Crippen LogP) is 5.05. The average Bonchev–Trinajstić information content (AvgIpc) is 2.91. The van der Waals surface area contributed by atoms with Crippen LogP contribution in [0.15, 0.2) is 45.8 Å². The van der Waals surface area contributed by atoms with Gasteiger partial charge in [0.1, 0.15) is 16.7 Å². The van der Waals surface area contributed by atoms with Crippen LogP contribution in [0, 0.1) is 5.82 Å². The Hall–Kier alpha value is -1.90. The summed E-state index contributed by atoms with van der Waals surface area (Å²) >= 11 is 9.71. The maximum atomic E-state index is 13.3. The molecule has 2 aromatic rings. The summed E-state index contributed by atoms with van der Waals surface area (Å²) in [6, 6.07) is 9.84. The van der Waals surface area contributed by atoms with Crippen LogP contribution < -0.4 is 14.8 Å². The fraction of sp³-hybridized carbons (Fsp3) is 0.158. The third kappa shape index (κ3) is 5.09. The van der Waals surface area contributed by atoms with E-state index >= 15 is 0 Å². The average molecular weight is 468 g/mol. The normalized spacial score (nSPS) is 15.1. The van der Waals surface area contributed by atoms with Crippen LogP contribution in [-0.2, 0) is 11.4 Å². The Morgan fingerprint density at radius 2 is 2.11 bits per heavy atom. The Morgan fingerprint density at radius 1 is 1.30 bits per heavy atom. The number of nitrogens with one attached hydrogen (secondary N) is 1. The van der Waals surface area contributed by atoms with Crippen molar-refractivity contribution in [1.82, 2.24) is 5.32 Å². The van der Waals surface area contributed by atoms with Crippen LogP contribution in [0.4, 0.5) is 4.39 Å². The summed E-state index contributed by atoms with van der Waals surface area (Å²) < 4.78 is 26.0. The Bertz CT molecular complexity index is 933. The monoisotopic (exact) mass is 467 g/mol. The van der Waals surface area contributed by atoms with Crippen molar-refractivity contribution < 1.29 is 18.7 Å². The van der Waals surface area contributed by atoms with Crippen molar-refractivity contribution in [2.45, 2.75) is 13.5 Å². The minimum atomic E-state index is -0.313. The van der Waals surface area contributed by atoms with Gasteiger partial charge < -0.3 is 14.8 Å². The standard InChI is InChI=1S/C19H15BrFNO3S2/c1-2-24-15-8-12(9-16-18(23)22-19(26)27-16)7-14(20)17(15)25-10-11-4-3-5-13(21)6-11/h3-9H,2,10H2,1H3,(H,22,23,26)/b16-9-. The number of rotatable bonds is 6. The van der Waals surface area contributed by atoms with Crippen LogP contribution in [0.2, 0.25) is 0 Å². The molecule has 0 bridgehead atoms. The van der Waals surface area contributed by atoms with Gasteiger partial charge in [-0.1, -0.05) is 36.1 Å². The van der Waals surface area contributed by atoms with E-state index in [1.165, 1.54) is 23.9 Å². The van der Waals surface area contributed by atoms with Gasteiger partial charge in [-0.05, 0) is 64.3 Å². The van der Waals surface area contributed by atoms with Gasteiger partial charge in [0, 0.05) is 0 Å². The zero-order valence-electron chi connectivity index (χ0n) is 14.3. The molecule has 0 unspecified atom stereocenters. The molecule has 3 rings (SSSR count). The molecule has 0 spiro atoms. The molecule has 140 valence electrons. The summed E-state index contributed by atoms with van der Waals surface area (Å²) in [7, 11) is 0. The molecule has 0 radical (unpaired) electrons. The van der Waals surface area contributed by atoms with Crippen molar-refractivity contribution in [3.8, 4) is 11.5 Å². The lowest BCUT2D eigenvalue weighted by Gasteiger charge is -2.15. The third-order valence-electron chi connectivity index (χ3n) is 3.54. The van der Waals surface area contributed by atoms with Crippen molar-refractivity contribution >= 4 is 56.2 Å². The SMILES string of the molecule is CCOc1cc(/C=C2\SC(=S)NC2=O)cc(Br)c1OCc1cccc(F)c1. The van der Waals surface area contributed by atoms with Gasteiger partial charge in [0.25, 0.3) is 5.91 Å². The molecule has 1 heterocycles. The van der Waals surface area contributed by atoms with Crippen molar-refractivity contribution in [3.63, 3.8) is 0 Å². The highest BCUT2D eigenvalue weighted by atomic mass is 79.9. The molecule has 2 aromatic carbocycles. The van der Waals surface area contributed by atoms with E-state index < -0.39 is 0 Å². The fourth-order valence-electron chi connectivity index (χ4n) is 2.43. The quantitative estimate of drug-likeness (QED) is 0.475. The van der Waals surface area contributed by atoms with Gasteiger partial charge in [0.05, 0.1) is 16.0 Å². The highest BCUT2D eigenvalue weighted by Crippen LogP contribution is 2.39. The lowest BCUT2D eigenvalue weighted by molar-refractivity contribution is -0.115. The number of thioether (sulfide) groups is 1. The fourth-order valence-corrected chi connectivity index (χ4v) is 4.05. The second-order valence-corrected chi connectivity index (χ2v) is 8.11. The molecule has 0 aliphatic carbocycles. The first-order valence-electron chi connectivity index (χ1n) is 8.04. The summed E-state index contributed by atoms with van der Waals surface area (Å²) in [5.41, 5.74) is 1.48. The largest absolute Gasteiger partial charge is 0.490 e. The summed E-state index contributed by atoms with van der Waals surface area (Å²) in [5, 5.41) is 2.58. The molecule has 0 saturated carbocycles. The number of thiocarbonyl (C=S) groups is 1. The number of ether oxygens (including phenoxy) is 2. The molecule has 4 nitrogen and oxygen atoms in total. The highest BCUT2D eigenvalue weighted by molar-refractivity contribution is 9.10. The van der Waals surface area contributed by atoms with Crippen molar-refractivity contribution in [1.29, 1.82) is 0 Å². The lowest BCUT2D eigenvalue weighted by Crippen LogP contribution is -2.17. The number of hydrogen-bond donors (Lipinski definition) is 1. The number of benzene rings is 2. The molecule has 0 atom stereocenters. The van der Waals surface area contributed by atoms with E-state index in [9.17, 15) is 9.18 Å². The van der Waals surface area contributed by atoms with Crippen molar-refractivity contribution in [2.75, 3.05) is 6.61 Å². The molecule has 1 fully saturated rings. The number of halogens is 2. The van der Waals surface area contributed by atoms with E-state index in [0.717, 1.165) is 5.56 Å². The topological polar surface area (TPSA) is 47.6 Å². The van der Waals surface area contributed by atoms with E-state index in [1.807, 2.05) is 13.0 Å². The Kier molecular flexibility index (Phi) is 6.51. The predicted molar refractivity (Wildman–Crippen MR) is 112 cm³/mol. The van der Waals surface area contributed by atoms with E-state index in [0.29, 0.717) is 37.4 Å². The molecular weight excluding hydrogens is 453 g/mol. The van der Waals surface area contributed by atoms with E-state index in [2.05, 4.69) is 21.2 Å². The van der Waals surface area contributed by atoms with Gasteiger partial charge in [-0.2, -0.15) is 0 Å². The van der Waals surface area contributed by atoms with Gasteiger partial charge in [-0.15, -0.1) is 0 Å². The Labute approximate surface area is 174 Å². The van der Waals surface area contributed by atoms with E-state index in [4.69, 9.17) is 21.7 Å². The van der Waals surface area contributed by atoms with Crippen LogP contribution in [0.25, 0.3) is 6.08 Å². The first kappa shape index (κ1) is 19.9. The van der Waals surface area contributed by atoms with Gasteiger partial charge in [-0.25, -0.2) is 4.39 Å². The molecule has 27 heavy (non-hydrogen) atoms. The molecule has 1 N–H and O–H groups in total. The van der Waals surface area contributed by atoms with Gasteiger partial charge in [0.15, 0.2) is 11.5 Å². The van der Waals surface area contributed by atoms with Gasteiger partial charge in [0.2, 0.25) is 0 Å². The second-order valence-electron chi connectivity index (χ2n) is 5.53. The van der Waals surface area contributed by atoms with Gasteiger partial charge >= 0.3 is 0 Å². The molecule has 1 saturated heterocycles. The number of amides is 1. The number of carbonyl (C=O) groups excluding carboxylic acids is 1. The first-order valence-corrected chi connectivity index (χ1v) is 10.1. The minimum Gasteiger partial charge on any atom is -0.490 e. The maximum Gasteiger partial charge on any atom is 0.263 e. The zero-order valence-corrected chi connectivity index (χ0v) is 17.5. The highest BCUT2D eigenvalue weighted by Gasteiger charge is 2.22. The lowest BCUT2D eigenvalue weighted by atomic mass is 10.1. The van der Waals surface area contributed by atoms with Crippen LogP contribution in [0.5, 0.6) is 11.5 Å². The molecule has 1 aliphatic heterocycles. The van der Waals surface area contributed by atoms with Crippen LogP contribution in [0.3, 0.4) is 0 Å². The molecular formula is C19H15BrFNO3S2. The number of hydrogen-bond acceptors (Lipinski definition) is 5. The third-order valence-corrected chi connectivity index (χ3v) is 5.30. The molecule has 1 amide bonds. The Balaban J connectivity index is 1.87. The Morgan fingerprint density at radius 3 is 2.78 bits per heavy atom. The van der Waals surface area contributed by atoms with Crippen LogP contribution in [0.1, 0.15) is 18.1 Å². The minimum absolute atomic E-state index is 0.198. The van der Waals surface area contributed by atoms with Crippen molar-refractivity contribution in [2.24, 2.45) is 0 Å². The van der Waals surface area contributed by atoms with Gasteiger partial charge in [-0.3, -0.25) is 4.79 Å². The first-order chi connectivity index (χ1) is 13.0. The van der Waals surface area contributed by atoms with Crippen molar-refractivity contribution in [3.05, 3.63) is 62.7 Å². The summed E-state index contributed by atoms with van der Waals surface area (Å²) in [6.07, 6.45) is 1.74. The summed E-state index contributed by atoms with van der Waals surface area (Å²) in [6.45, 7) is 2.51. The second kappa shape index (κ2) is 8.86. The molecule has 1 aliphatic rings. The number of carbonyl (C=O) groups is 1. The summed E-state index contributed by atoms with van der Waals surface area (Å²) in [4.78, 5) is 12.4. The molecule has 0 aromatic heterocycles.